The highest BCUT2D eigenvalue weighted by Gasteiger charge is 2.26. The summed E-state index contributed by atoms with van der Waals surface area (Å²) in [5.41, 5.74) is 10.5. The molecule has 134 valence electrons. The van der Waals surface area contributed by atoms with Gasteiger partial charge >= 0.3 is 0 Å². The summed E-state index contributed by atoms with van der Waals surface area (Å²) in [6, 6.07) is 18.7. The standard InChI is InChI=1S/C23H25FN2/c24-23-14-11-20(18-9-12-21(25)13-10-18)16-26(23)22-8-4-7-19(15-22)17-5-2-1-3-6-17/h1-8,11,14-15,18,21H,9-10,12-13,16,25H2. The van der Waals surface area contributed by atoms with Crippen LogP contribution in [0.2, 0.25) is 0 Å². The Morgan fingerprint density at radius 2 is 1.58 bits per heavy atom. The summed E-state index contributed by atoms with van der Waals surface area (Å²) in [5, 5.41) is 0. The van der Waals surface area contributed by atoms with E-state index in [1.165, 1.54) is 5.57 Å². The average molecular weight is 348 g/mol. The highest BCUT2D eigenvalue weighted by atomic mass is 19.1. The summed E-state index contributed by atoms with van der Waals surface area (Å²) < 4.78 is 14.6. The fourth-order valence-electron chi connectivity index (χ4n) is 4.03. The SMILES string of the molecule is NC1CCC(C2=CC=C(F)N(c3cccc(-c4ccccc4)c3)C2)CC1. The normalized spacial score (nSPS) is 23.4. The number of nitrogens with two attached hydrogens (primary N) is 1. The number of allylic oxidation sites excluding steroid dienone is 2. The molecule has 2 aromatic rings. The number of halogens is 1. The van der Waals surface area contributed by atoms with E-state index in [-0.39, 0.29) is 5.95 Å². The maximum Gasteiger partial charge on any atom is 0.194 e. The molecule has 0 spiro atoms. The molecule has 2 aliphatic rings. The molecule has 0 radical (unpaired) electrons. The number of nitrogens with zero attached hydrogens (tertiary/aromatic N) is 1. The fraction of sp³-hybridized carbons (Fsp3) is 0.304. The van der Waals surface area contributed by atoms with E-state index in [1.807, 2.05) is 36.4 Å². The maximum atomic E-state index is 14.6. The zero-order chi connectivity index (χ0) is 17.9. The van der Waals surface area contributed by atoms with Crippen LogP contribution in [0.3, 0.4) is 0 Å². The summed E-state index contributed by atoms with van der Waals surface area (Å²) in [6.45, 7) is 0.625. The van der Waals surface area contributed by atoms with Gasteiger partial charge in [0.15, 0.2) is 5.95 Å². The van der Waals surface area contributed by atoms with Crippen molar-refractivity contribution < 1.29 is 4.39 Å². The van der Waals surface area contributed by atoms with Gasteiger partial charge in [0.25, 0.3) is 0 Å². The number of hydrogen-bond acceptors (Lipinski definition) is 2. The van der Waals surface area contributed by atoms with Crippen LogP contribution in [0, 0.1) is 5.92 Å². The molecule has 0 bridgehead atoms. The van der Waals surface area contributed by atoms with E-state index in [1.54, 1.807) is 11.0 Å². The van der Waals surface area contributed by atoms with Crippen molar-refractivity contribution in [3.8, 4) is 11.1 Å². The van der Waals surface area contributed by atoms with Gasteiger partial charge < -0.3 is 10.6 Å². The van der Waals surface area contributed by atoms with Gasteiger partial charge in [-0.2, -0.15) is 4.39 Å². The van der Waals surface area contributed by atoms with Gasteiger partial charge in [0, 0.05) is 18.3 Å². The molecule has 1 saturated carbocycles. The minimum absolute atomic E-state index is 0.188. The van der Waals surface area contributed by atoms with Crippen molar-refractivity contribution >= 4 is 5.69 Å². The monoisotopic (exact) mass is 348 g/mol. The van der Waals surface area contributed by atoms with E-state index in [2.05, 4.69) is 24.3 Å². The van der Waals surface area contributed by atoms with Gasteiger partial charge in [-0.3, -0.25) is 0 Å². The van der Waals surface area contributed by atoms with Crippen molar-refractivity contribution in [2.24, 2.45) is 11.7 Å². The van der Waals surface area contributed by atoms with Crippen LogP contribution in [0.1, 0.15) is 25.7 Å². The van der Waals surface area contributed by atoms with Gasteiger partial charge in [-0.15, -0.1) is 0 Å². The zero-order valence-electron chi connectivity index (χ0n) is 14.9. The van der Waals surface area contributed by atoms with Crippen molar-refractivity contribution in [2.75, 3.05) is 11.4 Å². The molecule has 1 heterocycles. The van der Waals surface area contributed by atoms with Gasteiger partial charge in [-0.05, 0) is 66.5 Å². The van der Waals surface area contributed by atoms with E-state index in [0.29, 0.717) is 18.5 Å². The summed E-state index contributed by atoms with van der Waals surface area (Å²) in [4.78, 5) is 1.79. The Kier molecular flexibility index (Phi) is 4.89. The lowest BCUT2D eigenvalue weighted by molar-refractivity contribution is 0.358. The molecule has 4 rings (SSSR count). The van der Waals surface area contributed by atoms with E-state index in [4.69, 9.17) is 5.73 Å². The lowest BCUT2D eigenvalue weighted by atomic mass is 9.81. The second kappa shape index (κ2) is 7.46. The lowest BCUT2D eigenvalue weighted by Gasteiger charge is -2.33. The maximum absolute atomic E-state index is 14.6. The first kappa shape index (κ1) is 17.0. The highest BCUT2D eigenvalue weighted by molar-refractivity contribution is 5.69. The van der Waals surface area contributed by atoms with Crippen LogP contribution < -0.4 is 10.6 Å². The second-order valence-electron chi connectivity index (χ2n) is 7.35. The summed E-state index contributed by atoms with van der Waals surface area (Å²) >= 11 is 0. The molecule has 0 amide bonds. The van der Waals surface area contributed by atoms with E-state index in [9.17, 15) is 4.39 Å². The molecule has 0 aromatic heterocycles. The van der Waals surface area contributed by atoms with Gasteiger partial charge in [0.05, 0.1) is 0 Å². The molecule has 0 atom stereocenters. The summed E-state index contributed by atoms with van der Waals surface area (Å²) in [5.74, 6) is 0.338. The van der Waals surface area contributed by atoms with Crippen LogP contribution in [0.15, 0.2) is 78.3 Å². The Morgan fingerprint density at radius 3 is 2.35 bits per heavy atom. The molecule has 2 nitrogen and oxygen atoms in total. The van der Waals surface area contributed by atoms with Crippen LogP contribution >= 0.6 is 0 Å². The lowest BCUT2D eigenvalue weighted by Crippen LogP contribution is -2.32. The fourth-order valence-corrected chi connectivity index (χ4v) is 4.03. The molecule has 0 unspecified atom stereocenters. The van der Waals surface area contributed by atoms with Crippen LogP contribution in [0.5, 0.6) is 0 Å². The number of benzene rings is 2. The molecule has 1 aliphatic carbocycles. The number of hydrogen-bond donors (Lipinski definition) is 1. The van der Waals surface area contributed by atoms with E-state index < -0.39 is 0 Å². The minimum atomic E-state index is -0.188. The van der Waals surface area contributed by atoms with Crippen molar-refractivity contribution in [1.29, 1.82) is 0 Å². The van der Waals surface area contributed by atoms with Gasteiger partial charge in [-0.25, -0.2) is 0 Å². The van der Waals surface area contributed by atoms with Crippen molar-refractivity contribution in [1.82, 2.24) is 0 Å². The van der Waals surface area contributed by atoms with Crippen LogP contribution in [0.4, 0.5) is 10.1 Å². The first-order valence-electron chi connectivity index (χ1n) is 9.45. The smallest absolute Gasteiger partial charge is 0.194 e. The third-order valence-electron chi connectivity index (χ3n) is 5.59. The highest BCUT2D eigenvalue weighted by Crippen LogP contribution is 2.35. The second-order valence-corrected chi connectivity index (χ2v) is 7.35. The van der Waals surface area contributed by atoms with Crippen LogP contribution in [-0.4, -0.2) is 12.6 Å². The molecule has 2 aromatic carbocycles. The summed E-state index contributed by atoms with van der Waals surface area (Å²) in [6.07, 6.45) is 7.95. The van der Waals surface area contributed by atoms with Gasteiger partial charge in [0.2, 0.25) is 0 Å². The average Bonchev–Trinajstić information content (AvgIpc) is 2.70. The van der Waals surface area contributed by atoms with Crippen LogP contribution in [-0.2, 0) is 0 Å². The molecule has 0 saturated heterocycles. The van der Waals surface area contributed by atoms with Gasteiger partial charge in [-0.1, -0.05) is 48.5 Å². The minimum Gasteiger partial charge on any atom is -0.328 e. The Morgan fingerprint density at radius 1 is 0.846 bits per heavy atom. The Balaban J connectivity index is 1.56. The molecule has 2 N–H and O–H groups in total. The first-order chi connectivity index (χ1) is 12.7. The van der Waals surface area contributed by atoms with E-state index >= 15 is 0 Å². The molecule has 1 aliphatic heterocycles. The Bertz CT molecular complexity index is 817. The van der Waals surface area contributed by atoms with Crippen molar-refractivity contribution in [3.05, 3.63) is 78.3 Å². The Hall–Kier alpha value is -2.39. The molecular formula is C23H25FN2. The molecule has 3 heteroatoms. The van der Waals surface area contributed by atoms with E-state index in [0.717, 1.165) is 42.5 Å². The summed E-state index contributed by atoms with van der Waals surface area (Å²) in [7, 11) is 0. The number of anilines is 1. The quantitative estimate of drug-likeness (QED) is 0.750. The molecule has 1 fully saturated rings. The van der Waals surface area contributed by atoms with Gasteiger partial charge in [0.1, 0.15) is 0 Å². The first-order valence-corrected chi connectivity index (χ1v) is 9.45. The predicted molar refractivity (Wildman–Crippen MR) is 106 cm³/mol. The third-order valence-corrected chi connectivity index (χ3v) is 5.59. The predicted octanol–water partition coefficient (Wildman–Crippen LogP) is 5.43. The van der Waals surface area contributed by atoms with Crippen molar-refractivity contribution in [3.63, 3.8) is 0 Å². The molecule has 26 heavy (non-hydrogen) atoms. The number of rotatable bonds is 3. The Labute approximate surface area is 154 Å². The largest absolute Gasteiger partial charge is 0.328 e. The zero-order valence-corrected chi connectivity index (χ0v) is 14.9. The topological polar surface area (TPSA) is 29.3 Å². The van der Waals surface area contributed by atoms with Crippen LogP contribution in [0.25, 0.3) is 11.1 Å². The van der Waals surface area contributed by atoms with Crippen molar-refractivity contribution in [2.45, 2.75) is 31.7 Å². The third kappa shape index (κ3) is 3.58. The molecular weight excluding hydrogens is 323 g/mol.